The van der Waals surface area contributed by atoms with Crippen molar-refractivity contribution in [2.24, 2.45) is 0 Å². The first kappa shape index (κ1) is 20.0. The molecule has 0 saturated heterocycles. The van der Waals surface area contributed by atoms with E-state index in [4.69, 9.17) is 14.2 Å². The van der Waals surface area contributed by atoms with Crippen LogP contribution in [-0.2, 0) is 4.79 Å². The summed E-state index contributed by atoms with van der Waals surface area (Å²) < 4.78 is 16.6. The Kier molecular flexibility index (Phi) is 6.22. The molecule has 2 unspecified atom stereocenters. The van der Waals surface area contributed by atoms with Gasteiger partial charge in [0.25, 0.3) is 0 Å². The molecular formula is C17H22N4O6. The van der Waals surface area contributed by atoms with Crippen LogP contribution in [0.15, 0.2) is 24.4 Å². The van der Waals surface area contributed by atoms with Gasteiger partial charge in [0.05, 0.1) is 32.3 Å². The summed E-state index contributed by atoms with van der Waals surface area (Å²) >= 11 is 0. The van der Waals surface area contributed by atoms with Crippen molar-refractivity contribution < 1.29 is 23.9 Å². The first-order valence-corrected chi connectivity index (χ1v) is 8.12. The Labute approximate surface area is 156 Å². The fraction of sp³-hybridized carbons (Fsp3) is 0.412. The number of nitrogens with one attached hydrogen (secondary N) is 1. The molecule has 2 atom stereocenters. The summed E-state index contributed by atoms with van der Waals surface area (Å²) in [5.41, 5.74) is 0.432. The van der Waals surface area contributed by atoms with Gasteiger partial charge in [0.2, 0.25) is 5.91 Å². The maximum atomic E-state index is 12.6. The highest BCUT2D eigenvalue weighted by Crippen LogP contribution is 2.30. The smallest absolute Gasteiger partial charge is 0.350 e. The van der Waals surface area contributed by atoms with Crippen LogP contribution in [0.3, 0.4) is 0 Å². The Hall–Kier alpha value is -3.30. The Morgan fingerprint density at radius 1 is 1.22 bits per heavy atom. The van der Waals surface area contributed by atoms with Crippen LogP contribution in [0.2, 0.25) is 0 Å². The number of aromatic nitrogens is 2. The normalized spacial score (nSPS) is 12.8. The third kappa shape index (κ3) is 4.27. The molecule has 2 rings (SSSR count). The van der Waals surface area contributed by atoms with Crippen LogP contribution in [0.5, 0.6) is 17.4 Å². The summed E-state index contributed by atoms with van der Waals surface area (Å²) in [5.74, 6) is 0.717. The van der Waals surface area contributed by atoms with Crippen LogP contribution >= 0.6 is 0 Å². The molecule has 0 aliphatic rings. The second-order valence-corrected chi connectivity index (χ2v) is 5.77. The number of hydrogen-bond donors (Lipinski definition) is 1. The van der Waals surface area contributed by atoms with Crippen molar-refractivity contribution in [2.45, 2.75) is 25.9 Å². The molecule has 146 valence electrons. The molecule has 0 bridgehead atoms. The lowest BCUT2D eigenvalue weighted by atomic mass is 10.1. The lowest BCUT2D eigenvalue weighted by Crippen LogP contribution is -2.33. The van der Waals surface area contributed by atoms with Crippen LogP contribution in [-0.4, -0.2) is 41.9 Å². The number of ether oxygens (including phenoxy) is 3. The van der Waals surface area contributed by atoms with Gasteiger partial charge >= 0.3 is 11.6 Å². The number of carbonyl (C=O) groups excluding carboxylic acids is 1. The van der Waals surface area contributed by atoms with E-state index in [0.29, 0.717) is 11.5 Å². The van der Waals surface area contributed by atoms with E-state index in [1.807, 2.05) is 0 Å². The number of rotatable bonds is 8. The summed E-state index contributed by atoms with van der Waals surface area (Å²) in [7, 11) is 4.37. The van der Waals surface area contributed by atoms with Gasteiger partial charge in [-0.1, -0.05) is 0 Å². The molecule has 0 fully saturated rings. The molecule has 0 aliphatic heterocycles. The molecule has 0 radical (unpaired) electrons. The van der Waals surface area contributed by atoms with Crippen molar-refractivity contribution in [1.82, 2.24) is 15.1 Å². The number of nitrogens with zero attached hydrogens (tertiary/aromatic N) is 3. The molecule has 2 aromatic rings. The fourth-order valence-corrected chi connectivity index (χ4v) is 2.54. The first-order chi connectivity index (χ1) is 12.8. The SMILES string of the molecule is COc1ccc(OC)c(C(C)NC(=O)C(C)n2cc([N+](=O)[O-])c(OC)n2)c1. The molecule has 27 heavy (non-hydrogen) atoms. The summed E-state index contributed by atoms with van der Waals surface area (Å²) in [4.78, 5) is 23.0. The minimum atomic E-state index is -0.786. The molecule has 0 aliphatic carbocycles. The van der Waals surface area contributed by atoms with Gasteiger partial charge in [-0.3, -0.25) is 14.9 Å². The molecule has 1 heterocycles. The Balaban J connectivity index is 2.20. The molecule has 10 heteroatoms. The van der Waals surface area contributed by atoms with Gasteiger partial charge in [0, 0.05) is 5.56 Å². The lowest BCUT2D eigenvalue weighted by Gasteiger charge is -2.20. The molecular weight excluding hydrogens is 356 g/mol. The van der Waals surface area contributed by atoms with E-state index in [-0.39, 0.29) is 17.5 Å². The quantitative estimate of drug-likeness (QED) is 0.553. The van der Waals surface area contributed by atoms with Crippen LogP contribution in [0.1, 0.15) is 31.5 Å². The molecule has 0 saturated carbocycles. The van der Waals surface area contributed by atoms with Crippen molar-refractivity contribution in [1.29, 1.82) is 0 Å². The van der Waals surface area contributed by atoms with Crippen molar-refractivity contribution in [3.8, 4) is 17.4 Å². The molecule has 1 aromatic carbocycles. The number of benzene rings is 1. The van der Waals surface area contributed by atoms with E-state index in [1.54, 1.807) is 39.2 Å². The zero-order valence-electron chi connectivity index (χ0n) is 15.8. The van der Waals surface area contributed by atoms with Crippen molar-refractivity contribution in [2.75, 3.05) is 21.3 Å². The zero-order chi connectivity index (χ0) is 20.1. The highest BCUT2D eigenvalue weighted by molar-refractivity contribution is 5.80. The first-order valence-electron chi connectivity index (χ1n) is 8.12. The summed E-state index contributed by atoms with van der Waals surface area (Å²) in [6, 6.07) is 4.11. The van der Waals surface area contributed by atoms with Crippen LogP contribution in [0.25, 0.3) is 0 Å². The maximum Gasteiger partial charge on any atom is 0.350 e. The van der Waals surface area contributed by atoms with Gasteiger partial charge in [0.15, 0.2) is 0 Å². The largest absolute Gasteiger partial charge is 0.497 e. The number of carbonyl (C=O) groups is 1. The topological polar surface area (TPSA) is 118 Å². The van der Waals surface area contributed by atoms with Gasteiger partial charge in [-0.05, 0) is 32.0 Å². The van der Waals surface area contributed by atoms with E-state index in [0.717, 1.165) is 5.56 Å². The van der Waals surface area contributed by atoms with E-state index < -0.39 is 17.0 Å². The third-order valence-corrected chi connectivity index (χ3v) is 4.11. The summed E-state index contributed by atoms with van der Waals surface area (Å²) in [6.07, 6.45) is 1.17. The number of nitro groups is 1. The molecule has 10 nitrogen and oxygen atoms in total. The minimum Gasteiger partial charge on any atom is -0.497 e. The van der Waals surface area contributed by atoms with Crippen LogP contribution < -0.4 is 19.5 Å². The average Bonchev–Trinajstić information content (AvgIpc) is 3.11. The van der Waals surface area contributed by atoms with E-state index in [2.05, 4.69) is 10.4 Å². The van der Waals surface area contributed by atoms with Gasteiger partial charge in [-0.15, -0.1) is 5.10 Å². The molecule has 1 N–H and O–H groups in total. The van der Waals surface area contributed by atoms with Crippen molar-refractivity contribution in [3.63, 3.8) is 0 Å². The van der Waals surface area contributed by atoms with E-state index in [9.17, 15) is 14.9 Å². The van der Waals surface area contributed by atoms with Crippen molar-refractivity contribution in [3.05, 3.63) is 40.1 Å². The van der Waals surface area contributed by atoms with Crippen molar-refractivity contribution >= 4 is 11.6 Å². The van der Waals surface area contributed by atoms with Gasteiger partial charge in [0.1, 0.15) is 23.7 Å². The van der Waals surface area contributed by atoms with Gasteiger partial charge in [-0.2, -0.15) is 0 Å². The Morgan fingerprint density at radius 3 is 2.44 bits per heavy atom. The fourth-order valence-electron chi connectivity index (χ4n) is 2.54. The second kappa shape index (κ2) is 8.39. The number of amides is 1. The lowest BCUT2D eigenvalue weighted by molar-refractivity contribution is -0.385. The summed E-state index contributed by atoms with van der Waals surface area (Å²) in [6.45, 7) is 3.38. The average molecular weight is 378 g/mol. The Bertz CT molecular complexity index is 835. The minimum absolute atomic E-state index is 0.151. The summed E-state index contributed by atoms with van der Waals surface area (Å²) in [5, 5.41) is 17.8. The predicted molar refractivity (Wildman–Crippen MR) is 96.2 cm³/mol. The highest BCUT2D eigenvalue weighted by atomic mass is 16.6. The van der Waals surface area contributed by atoms with E-state index in [1.165, 1.54) is 25.1 Å². The zero-order valence-corrected chi connectivity index (χ0v) is 15.8. The number of hydrogen-bond acceptors (Lipinski definition) is 7. The van der Waals surface area contributed by atoms with Crippen LogP contribution in [0, 0.1) is 10.1 Å². The highest BCUT2D eigenvalue weighted by Gasteiger charge is 2.26. The standard InChI is InChI=1S/C17H22N4O6/c1-10(13-8-12(25-3)6-7-15(13)26-4)18-16(22)11(2)20-9-14(21(23)24)17(19-20)27-5/h6-11H,1-5H3,(H,18,22). The maximum absolute atomic E-state index is 12.6. The molecule has 1 amide bonds. The van der Waals surface area contributed by atoms with Gasteiger partial charge in [-0.25, -0.2) is 4.68 Å². The number of methoxy groups -OCH3 is 3. The van der Waals surface area contributed by atoms with Gasteiger partial charge < -0.3 is 19.5 Å². The monoisotopic (exact) mass is 378 g/mol. The molecule has 0 spiro atoms. The third-order valence-electron chi connectivity index (χ3n) is 4.11. The Morgan fingerprint density at radius 2 is 1.93 bits per heavy atom. The van der Waals surface area contributed by atoms with E-state index >= 15 is 0 Å². The molecule has 1 aromatic heterocycles. The van der Waals surface area contributed by atoms with Crippen LogP contribution in [0.4, 0.5) is 5.69 Å². The second-order valence-electron chi connectivity index (χ2n) is 5.77. The predicted octanol–water partition coefficient (Wildman–Crippen LogP) is 2.26.